The Kier molecular flexibility index (Phi) is 4.07. The summed E-state index contributed by atoms with van der Waals surface area (Å²) in [5, 5.41) is 9.89. The summed E-state index contributed by atoms with van der Waals surface area (Å²) in [6.07, 6.45) is 6.31. The summed E-state index contributed by atoms with van der Waals surface area (Å²) in [5.41, 5.74) is 0.642. The standard InChI is InChI=1S/C18H22N2O4/c1-12-3-4-13(2)20(12)18(17(23)24)9-7-14(8-10-18)11-19-15(21)5-6-16(19)22/h5-6,14H,1-4,7-11H2,(H,23,24). The van der Waals surface area contributed by atoms with Gasteiger partial charge in [-0.05, 0) is 44.4 Å². The second kappa shape index (κ2) is 5.92. The Labute approximate surface area is 141 Å². The topological polar surface area (TPSA) is 77.9 Å². The first-order valence-corrected chi connectivity index (χ1v) is 8.28. The van der Waals surface area contributed by atoms with Crippen LogP contribution in [0.4, 0.5) is 0 Å². The average molecular weight is 330 g/mol. The Balaban J connectivity index is 1.70. The minimum atomic E-state index is -0.988. The number of nitrogens with zero attached hydrogens (tertiary/aromatic N) is 2. The van der Waals surface area contributed by atoms with Crippen molar-refractivity contribution < 1.29 is 19.5 Å². The van der Waals surface area contributed by atoms with Crippen LogP contribution in [0.15, 0.2) is 36.7 Å². The van der Waals surface area contributed by atoms with Crippen molar-refractivity contribution in [2.75, 3.05) is 6.54 Å². The van der Waals surface area contributed by atoms with Gasteiger partial charge in [0.15, 0.2) is 0 Å². The molecule has 24 heavy (non-hydrogen) atoms. The lowest BCUT2D eigenvalue weighted by molar-refractivity contribution is -0.152. The second-order valence-corrected chi connectivity index (χ2v) is 6.87. The number of carboxylic acid groups (broad SMARTS) is 1. The molecule has 128 valence electrons. The molecule has 1 aliphatic carbocycles. The SMILES string of the molecule is C=C1CCC(=C)N1C1(C(=O)O)CCC(CN2C(=O)C=CC2=O)CC1. The van der Waals surface area contributed by atoms with Crippen LogP contribution in [-0.2, 0) is 14.4 Å². The van der Waals surface area contributed by atoms with Gasteiger partial charge in [0.25, 0.3) is 11.8 Å². The molecule has 2 amide bonds. The van der Waals surface area contributed by atoms with Crippen molar-refractivity contribution in [1.82, 2.24) is 9.80 Å². The van der Waals surface area contributed by atoms with Gasteiger partial charge in [-0.15, -0.1) is 0 Å². The summed E-state index contributed by atoms with van der Waals surface area (Å²) in [6, 6.07) is 0. The molecule has 1 saturated heterocycles. The van der Waals surface area contributed by atoms with Crippen LogP contribution in [0.25, 0.3) is 0 Å². The lowest BCUT2D eigenvalue weighted by atomic mass is 9.75. The molecule has 1 N–H and O–H groups in total. The Morgan fingerprint density at radius 3 is 2.08 bits per heavy atom. The van der Waals surface area contributed by atoms with Gasteiger partial charge < -0.3 is 10.0 Å². The number of hydrogen-bond acceptors (Lipinski definition) is 4. The highest BCUT2D eigenvalue weighted by Crippen LogP contribution is 2.45. The van der Waals surface area contributed by atoms with Gasteiger partial charge in [-0.25, -0.2) is 4.79 Å². The molecule has 0 aromatic heterocycles. The Hall–Kier alpha value is -2.37. The van der Waals surface area contributed by atoms with Crippen LogP contribution in [0.3, 0.4) is 0 Å². The molecule has 3 aliphatic rings. The molecule has 2 heterocycles. The molecule has 0 radical (unpaired) electrons. The number of hydrogen-bond donors (Lipinski definition) is 1. The maximum atomic E-state index is 12.1. The molecule has 1 saturated carbocycles. The van der Waals surface area contributed by atoms with Crippen LogP contribution in [0.1, 0.15) is 38.5 Å². The van der Waals surface area contributed by atoms with E-state index in [4.69, 9.17) is 0 Å². The number of aliphatic carboxylic acids is 1. The van der Waals surface area contributed by atoms with Crippen LogP contribution < -0.4 is 0 Å². The van der Waals surface area contributed by atoms with Crippen molar-refractivity contribution in [3.63, 3.8) is 0 Å². The van der Waals surface area contributed by atoms with E-state index in [9.17, 15) is 19.5 Å². The molecule has 6 heteroatoms. The summed E-state index contributed by atoms with van der Waals surface area (Å²) in [7, 11) is 0. The number of carbonyl (C=O) groups excluding carboxylic acids is 2. The minimum absolute atomic E-state index is 0.134. The molecule has 0 atom stereocenters. The third-order valence-electron chi connectivity index (χ3n) is 5.43. The fraction of sp³-hybridized carbons (Fsp3) is 0.500. The normalized spacial score (nSPS) is 30.6. The monoisotopic (exact) mass is 330 g/mol. The first-order chi connectivity index (χ1) is 11.3. The number of rotatable bonds is 4. The highest BCUT2D eigenvalue weighted by molar-refractivity contribution is 6.12. The van der Waals surface area contributed by atoms with Gasteiger partial charge in [0.2, 0.25) is 0 Å². The lowest BCUT2D eigenvalue weighted by Gasteiger charge is -2.45. The maximum Gasteiger partial charge on any atom is 0.329 e. The van der Waals surface area contributed by atoms with Crippen molar-refractivity contribution in [3.8, 4) is 0 Å². The van der Waals surface area contributed by atoms with Gasteiger partial charge in [-0.1, -0.05) is 13.2 Å². The average Bonchev–Trinajstić information content (AvgIpc) is 3.04. The molecule has 6 nitrogen and oxygen atoms in total. The smallest absolute Gasteiger partial charge is 0.329 e. The van der Waals surface area contributed by atoms with Gasteiger partial charge >= 0.3 is 5.97 Å². The van der Waals surface area contributed by atoms with Crippen molar-refractivity contribution in [3.05, 3.63) is 36.7 Å². The molecule has 2 fully saturated rings. The van der Waals surface area contributed by atoms with E-state index in [0.717, 1.165) is 24.2 Å². The largest absolute Gasteiger partial charge is 0.479 e. The zero-order valence-electron chi connectivity index (χ0n) is 13.7. The number of amides is 2. The minimum Gasteiger partial charge on any atom is -0.479 e. The summed E-state index contributed by atoms with van der Waals surface area (Å²) in [4.78, 5) is 38.5. The van der Waals surface area contributed by atoms with Crippen LogP contribution in [0.2, 0.25) is 0 Å². The molecule has 0 aromatic carbocycles. The number of carboxylic acids is 1. The van der Waals surface area contributed by atoms with Gasteiger partial charge in [0.1, 0.15) is 5.54 Å². The maximum absolute atomic E-state index is 12.1. The van der Waals surface area contributed by atoms with Crippen LogP contribution in [0, 0.1) is 5.92 Å². The van der Waals surface area contributed by atoms with Gasteiger partial charge in [-0.3, -0.25) is 14.5 Å². The van der Waals surface area contributed by atoms with Crippen LogP contribution >= 0.6 is 0 Å². The van der Waals surface area contributed by atoms with E-state index in [1.165, 1.54) is 17.1 Å². The molecule has 0 bridgehead atoms. The molecule has 3 rings (SSSR count). The fourth-order valence-corrected chi connectivity index (χ4v) is 4.08. The number of carbonyl (C=O) groups is 3. The Morgan fingerprint density at radius 2 is 1.62 bits per heavy atom. The Morgan fingerprint density at radius 1 is 1.12 bits per heavy atom. The third-order valence-corrected chi connectivity index (χ3v) is 5.43. The van der Waals surface area contributed by atoms with E-state index < -0.39 is 11.5 Å². The van der Waals surface area contributed by atoms with Gasteiger partial charge in [-0.2, -0.15) is 0 Å². The third kappa shape index (κ3) is 2.56. The highest BCUT2D eigenvalue weighted by Gasteiger charge is 2.49. The predicted octanol–water partition coefficient (Wildman–Crippen LogP) is 2.05. The number of likely N-dealkylation sites (tertiary alicyclic amines) is 1. The summed E-state index contributed by atoms with van der Waals surface area (Å²) >= 11 is 0. The zero-order valence-corrected chi connectivity index (χ0v) is 13.7. The molecular formula is C18H22N2O4. The van der Waals surface area contributed by atoms with Crippen molar-refractivity contribution in [2.45, 2.75) is 44.1 Å². The molecule has 0 spiro atoms. The molecular weight excluding hydrogens is 308 g/mol. The summed E-state index contributed by atoms with van der Waals surface area (Å²) in [5.74, 6) is -1.28. The van der Waals surface area contributed by atoms with Crippen LogP contribution in [0.5, 0.6) is 0 Å². The van der Waals surface area contributed by atoms with E-state index in [2.05, 4.69) is 13.2 Å². The Bertz CT molecular complexity index is 622. The second-order valence-electron chi connectivity index (χ2n) is 6.87. The van der Waals surface area contributed by atoms with E-state index >= 15 is 0 Å². The first-order valence-electron chi connectivity index (χ1n) is 8.28. The van der Waals surface area contributed by atoms with E-state index in [1.54, 1.807) is 0 Å². The van der Waals surface area contributed by atoms with Gasteiger partial charge in [0, 0.05) is 30.1 Å². The molecule has 2 aliphatic heterocycles. The van der Waals surface area contributed by atoms with E-state index in [1.807, 2.05) is 4.90 Å². The van der Waals surface area contributed by atoms with E-state index in [-0.39, 0.29) is 17.7 Å². The lowest BCUT2D eigenvalue weighted by Crippen LogP contribution is -2.54. The van der Waals surface area contributed by atoms with Gasteiger partial charge in [0.05, 0.1) is 0 Å². The van der Waals surface area contributed by atoms with E-state index in [0.29, 0.717) is 32.2 Å². The highest BCUT2D eigenvalue weighted by atomic mass is 16.4. The summed E-state index contributed by atoms with van der Waals surface area (Å²) in [6.45, 7) is 8.38. The van der Waals surface area contributed by atoms with Crippen molar-refractivity contribution >= 4 is 17.8 Å². The fourth-order valence-electron chi connectivity index (χ4n) is 4.08. The summed E-state index contributed by atoms with van der Waals surface area (Å²) < 4.78 is 0. The number of imide groups is 1. The molecule has 0 aromatic rings. The van der Waals surface area contributed by atoms with Crippen molar-refractivity contribution in [2.24, 2.45) is 5.92 Å². The predicted molar refractivity (Wildman–Crippen MR) is 87.5 cm³/mol. The first kappa shape index (κ1) is 16.5. The van der Waals surface area contributed by atoms with Crippen molar-refractivity contribution in [1.29, 1.82) is 0 Å². The molecule has 0 unspecified atom stereocenters. The zero-order chi connectivity index (χ0) is 17.5. The number of allylic oxidation sites excluding steroid dienone is 2. The quantitative estimate of drug-likeness (QED) is 0.798. The van der Waals surface area contributed by atoms with Crippen LogP contribution in [-0.4, -0.2) is 44.8 Å².